The zero-order valence-corrected chi connectivity index (χ0v) is 11.0. The third-order valence-electron chi connectivity index (χ3n) is 3.39. The molecular weight excluding hydrogens is 228 g/mol. The van der Waals surface area contributed by atoms with E-state index in [0.717, 1.165) is 49.7 Å². The Balaban J connectivity index is 2.10. The summed E-state index contributed by atoms with van der Waals surface area (Å²) in [6.07, 6.45) is 0.912. The lowest BCUT2D eigenvalue weighted by atomic mass is 10.1. The fourth-order valence-corrected chi connectivity index (χ4v) is 2.27. The Hall–Kier alpha value is -1.62. The molecule has 98 valence electrons. The second-order valence-electron chi connectivity index (χ2n) is 4.76. The molecule has 0 aromatic carbocycles. The maximum Gasteiger partial charge on any atom is 0.209 e. The third kappa shape index (κ3) is 2.61. The molecule has 2 heterocycles. The van der Waals surface area contributed by atoms with Crippen LogP contribution in [-0.4, -0.2) is 42.5 Å². The molecule has 2 N–H and O–H groups in total. The summed E-state index contributed by atoms with van der Waals surface area (Å²) >= 11 is 0. The van der Waals surface area contributed by atoms with E-state index in [4.69, 9.17) is 5.73 Å². The van der Waals surface area contributed by atoms with Crippen molar-refractivity contribution < 1.29 is 4.79 Å². The van der Waals surface area contributed by atoms with Gasteiger partial charge in [-0.2, -0.15) is 0 Å². The largest absolute Gasteiger partial charge is 0.353 e. The van der Waals surface area contributed by atoms with Crippen LogP contribution >= 0.6 is 0 Å². The van der Waals surface area contributed by atoms with Crippen LogP contribution in [0.15, 0.2) is 12.1 Å². The van der Waals surface area contributed by atoms with Gasteiger partial charge in [0.1, 0.15) is 5.82 Å². The van der Waals surface area contributed by atoms with E-state index in [1.165, 1.54) is 0 Å². The van der Waals surface area contributed by atoms with E-state index < -0.39 is 0 Å². The zero-order valence-electron chi connectivity index (χ0n) is 11.0. The average molecular weight is 248 g/mol. The summed E-state index contributed by atoms with van der Waals surface area (Å²) < 4.78 is 0. The molecule has 0 saturated carbocycles. The molecule has 5 nitrogen and oxygen atoms in total. The highest BCUT2D eigenvalue weighted by atomic mass is 16.1. The van der Waals surface area contributed by atoms with Gasteiger partial charge in [0.15, 0.2) is 0 Å². The summed E-state index contributed by atoms with van der Waals surface area (Å²) in [6.45, 7) is 7.15. The summed E-state index contributed by atoms with van der Waals surface area (Å²) in [5, 5.41) is 0. The first kappa shape index (κ1) is 12.8. The maximum atomic E-state index is 10.7. The number of hydrogen-bond donors (Lipinski definition) is 1. The van der Waals surface area contributed by atoms with Gasteiger partial charge in [-0.05, 0) is 25.5 Å². The second-order valence-corrected chi connectivity index (χ2v) is 4.76. The highest BCUT2D eigenvalue weighted by molar-refractivity contribution is 5.49. The van der Waals surface area contributed by atoms with Crippen LogP contribution < -0.4 is 10.6 Å². The Morgan fingerprint density at radius 2 is 2.00 bits per heavy atom. The minimum atomic E-state index is 0.0125. The number of pyridine rings is 1. The van der Waals surface area contributed by atoms with E-state index >= 15 is 0 Å². The molecule has 5 heteroatoms. The van der Waals surface area contributed by atoms with Gasteiger partial charge < -0.3 is 15.5 Å². The first-order chi connectivity index (χ1) is 8.61. The van der Waals surface area contributed by atoms with E-state index in [9.17, 15) is 4.79 Å². The molecule has 1 aromatic rings. The van der Waals surface area contributed by atoms with Gasteiger partial charge in [0, 0.05) is 37.9 Å². The zero-order chi connectivity index (χ0) is 13.1. The van der Waals surface area contributed by atoms with Crippen molar-refractivity contribution in [1.82, 2.24) is 9.88 Å². The van der Waals surface area contributed by atoms with Crippen LogP contribution in [0.1, 0.15) is 24.2 Å². The van der Waals surface area contributed by atoms with Gasteiger partial charge in [0.2, 0.25) is 6.41 Å². The van der Waals surface area contributed by atoms with Gasteiger partial charge in [-0.25, -0.2) is 4.98 Å². The van der Waals surface area contributed by atoms with Crippen LogP contribution in [0.5, 0.6) is 0 Å². The third-order valence-corrected chi connectivity index (χ3v) is 3.39. The molecule has 1 aliphatic rings. The molecule has 1 fully saturated rings. The predicted molar refractivity (Wildman–Crippen MR) is 71.4 cm³/mol. The number of nitrogens with zero attached hydrogens (tertiary/aromatic N) is 3. The van der Waals surface area contributed by atoms with Gasteiger partial charge in [-0.3, -0.25) is 4.79 Å². The van der Waals surface area contributed by atoms with Crippen LogP contribution in [0.3, 0.4) is 0 Å². The van der Waals surface area contributed by atoms with E-state index in [-0.39, 0.29) is 6.04 Å². The lowest BCUT2D eigenvalue weighted by Crippen LogP contribution is -2.46. The van der Waals surface area contributed by atoms with Crippen LogP contribution in [0, 0.1) is 6.92 Å². The van der Waals surface area contributed by atoms with Crippen molar-refractivity contribution in [2.45, 2.75) is 19.9 Å². The summed E-state index contributed by atoms with van der Waals surface area (Å²) in [5.74, 6) is 0.974. The molecular formula is C13H20N4O. The Morgan fingerprint density at radius 1 is 1.33 bits per heavy atom. The summed E-state index contributed by atoms with van der Waals surface area (Å²) in [7, 11) is 0. The molecule has 1 aliphatic heterocycles. The van der Waals surface area contributed by atoms with E-state index in [1.54, 1.807) is 4.90 Å². The first-order valence-electron chi connectivity index (χ1n) is 6.29. The van der Waals surface area contributed by atoms with Gasteiger partial charge in [0.05, 0.1) is 0 Å². The van der Waals surface area contributed by atoms with Crippen LogP contribution in [0.25, 0.3) is 0 Å². The topological polar surface area (TPSA) is 62.5 Å². The first-order valence-corrected chi connectivity index (χ1v) is 6.29. The quantitative estimate of drug-likeness (QED) is 0.799. The number of aromatic nitrogens is 1. The Morgan fingerprint density at radius 3 is 2.50 bits per heavy atom. The Kier molecular flexibility index (Phi) is 3.81. The fourth-order valence-electron chi connectivity index (χ4n) is 2.27. The van der Waals surface area contributed by atoms with Crippen molar-refractivity contribution in [3.63, 3.8) is 0 Å². The molecule has 0 radical (unpaired) electrons. The lowest BCUT2D eigenvalue weighted by Gasteiger charge is -2.33. The standard InChI is InChI=1S/C13H20N4O/c1-10(14)12-3-4-13(15-11(12)2)17-7-5-16(9-18)6-8-17/h3-4,9-10H,5-8,14H2,1-2H3/t10-/m0/s1. The molecule has 1 atom stereocenters. The Bertz CT molecular complexity index is 425. The van der Waals surface area contributed by atoms with Crippen molar-refractivity contribution in [2.75, 3.05) is 31.1 Å². The molecule has 1 aromatic heterocycles. The number of carbonyl (C=O) groups is 1. The van der Waals surface area contributed by atoms with Crippen molar-refractivity contribution in [2.24, 2.45) is 5.73 Å². The van der Waals surface area contributed by atoms with Crippen molar-refractivity contribution in [1.29, 1.82) is 0 Å². The fraction of sp³-hybridized carbons (Fsp3) is 0.538. The molecule has 0 bridgehead atoms. The number of rotatable bonds is 3. The van der Waals surface area contributed by atoms with E-state index in [1.807, 2.05) is 19.9 Å². The SMILES string of the molecule is Cc1nc(N2CCN(C=O)CC2)ccc1[C@H](C)N. The molecule has 2 rings (SSSR count). The number of piperazine rings is 1. The molecule has 18 heavy (non-hydrogen) atoms. The summed E-state index contributed by atoms with van der Waals surface area (Å²) in [4.78, 5) is 19.3. The molecule has 0 spiro atoms. The number of carbonyl (C=O) groups excluding carboxylic acids is 1. The van der Waals surface area contributed by atoms with Crippen LogP contribution in [-0.2, 0) is 4.79 Å². The summed E-state index contributed by atoms with van der Waals surface area (Å²) in [6, 6.07) is 4.08. The highest BCUT2D eigenvalue weighted by Gasteiger charge is 2.17. The lowest BCUT2D eigenvalue weighted by molar-refractivity contribution is -0.118. The molecule has 1 saturated heterocycles. The van der Waals surface area contributed by atoms with Gasteiger partial charge >= 0.3 is 0 Å². The molecule has 0 aliphatic carbocycles. The number of hydrogen-bond acceptors (Lipinski definition) is 4. The Labute approximate surface area is 108 Å². The van der Waals surface area contributed by atoms with Crippen LogP contribution in [0.4, 0.5) is 5.82 Å². The van der Waals surface area contributed by atoms with E-state index in [2.05, 4.69) is 16.0 Å². The second kappa shape index (κ2) is 5.35. The predicted octanol–water partition coefficient (Wildman–Crippen LogP) is 0.688. The molecule has 1 amide bonds. The summed E-state index contributed by atoms with van der Waals surface area (Å²) in [5.41, 5.74) is 7.95. The normalized spacial score (nSPS) is 17.7. The maximum absolute atomic E-state index is 10.7. The van der Waals surface area contributed by atoms with Gasteiger partial charge in [-0.1, -0.05) is 6.07 Å². The van der Waals surface area contributed by atoms with Gasteiger partial charge in [0.25, 0.3) is 0 Å². The van der Waals surface area contributed by atoms with Crippen molar-refractivity contribution in [3.05, 3.63) is 23.4 Å². The van der Waals surface area contributed by atoms with E-state index in [0.29, 0.717) is 0 Å². The minimum absolute atomic E-state index is 0.0125. The number of aryl methyl sites for hydroxylation is 1. The molecule has 0 unspecified atom stereocenters. The number of nitrogens with two attached hydrogens (primary N) is 1. The average Bonchev–Trinajstić information content (AvgIpc) is 2.38. The van der Waals surface area contributed by atoms with Crippen molar-refractivity contribution >= 4 is 12.2 Å². The van der Waals surface area contributed by atoms with Crippen molar-refractivity contribution in [3.8, 4) is 0 Å². The smallest absolute Gasteiger partial charge is 0.209 e. The van der Waals surface area contributed by atoms with Crippen LogP contribution in [0.2, 0.25) is 0 Å². The minimum Gasteiger partial charge on any atom is -0.353 e. The van der Waals surface area contributed by atoms with Gasteiger partial charge in [-0.15, -0.1) is 0 Å². The monoisotopic (exact) mass is 248 g/mol. The number of anilines is 1. The highest BCUT2D eigenvalue weighted by Crippen LogP contribution is 2.19. The number of amides is 1.